The van der Waals surface area contributed by atoms with Gasteiger partial charge in [0.25, 0.3) is 0 Å². The van der Waals surface area contributed by atoms with E-state index in [1.54, 1.807) is 0 Å². The van der Waals surface area contributed by atoms with E-state index in [-0.39, 0.29) is 0 Å². The minimum absolute atomic E-state index is 0.477. The number of methoxy groups -OCH3 is 2. The van der Waals surface area contributed by atoms with E-state index in [9.17, 15) is 44.7 Å². The number of rotatable bonds is 2. The first-order valence-electron chi connectivity index (χ1n) is 5.81. The SMILES string of the molecule is COC(=O)C1(C(=O)OC)CC(F)(F)C(F)(F)C(F)(F)C(F)(F)C1. The molecule has 1 saturated carbocycles. The van der Waals surface area contributed by atoms with Crippen LogP contribution in [0.3, 0.4) is 0 Å². The number of esters is 2. The van der Waals surface area contributed by atoms with Gasteiger partial charge in [-0.15, -0.1) is 0 Å². The molecule has 1 aliphatic rings. The summed E-state index contributed by atoms with van der Waals surface area (Å²) in [5, 5.41) is 0. The molecule has 1 rings (SSSR count). The van der Waals surface area contributed by atoms with E-state index in [1.807, 2.05) is 0 Å². The zero-order valence-corrected chi connectivity index (χ0v) is 11.6. The molecule has 23 heavy (non-hydrogen) atoms. The molecule has 0 heterocycles. The molecule has 0 aromatic rings. The molecule has 0 aliphatic heterocycles. The summed E-state index contributed by atoms with van der Waals surface area (Å²) in [6.45, 7) is 0. The van der Waals surface area contributed by atoms with Crippen LogP contribution >= 0.6 is 0 Å². The Kier molecular flexibility index (Phi) is 4.39. The number of hydrogen-bond acceptors (Lipinski definition) is 4. The second-order valence-electron chi connectivity index (χ2n) is 4.98. The van der Waals surface area contributed by atoms with Crippen LogP contribution in [0.4, 0.5) is 35.1 Å². The molecule has 1 aliphatic carbocycles. The lowest BCUT2D eigenvalue weighted by Gasteiger charge is -2.33. The Balaban J connectivity index is 3.73. The van der Waals surface area contributed by atoms with Crippen molar-refractivity contribution >= 4 is 11.9 Å². The molecular weight excluding hydrogens is 348 g/mol. The van der Waals surface area contributed by atoms with Gasteiger partial charge in [0.2, 0.25) is 0 Å². The van der Waals surface area contributed by atoms with Crippen LogP contribution in [0.2, 0.25) is 0 Å². The van der Waals surface area contributed by atoms with Crippen LogP contribution in [-0.2, 0) is 19.1 Å². The monoisotopic (exact) mass is 358 g/mol. The van der Waals surface area contributed by atoms with Gasteiger partial charge in [-0.05, 0) is 0 Å². The Morgan fingerprint density at radius 3 is 1.17 bits per heavy atom. The zero-order chi connectivity index (χ0) is 18.5. The van der Waals surface area contributed by atoms with Gasteiger partial charge in [0.1, 0.15) is 0 Å². The van der Waals surface area contributed by atoms with Crippen molar-refractivity contribution in [3.63, 3.8) is 0 Å². The van der Waals surface area contributed by atoms with Crippen LogP contribution in [0.5, 0.6) is 0 Å². The molecule has 0 spiro atoms. The maximum Gasteiger partial charge on any atom is 0.378 e. The summed E-state index contributed by atoms with van der Waals surface area (Å²) in [6, 6.07) is 0. The first-order valence-corrected chi connectivity index (χ1v) is 5.81. The van der Waals surface area contributed by atoms with E-state index in [4.69, 9.17) is 0 Å². The molecule has 0 amide bonds. The number of ether oxygens (including phenoxy) is 2. The summed E-state index contributed by atoms with van der Waals surface area (Å²) in [5.74, 6) is -28.9. The van der Waals surface area contributed by atoms with E-state index >= 15 is 0 Å². The minimum Gasteiger partial charge on any atom is -0.468 e. The third-order valence-electron chi connectivity index (χ3n) is 3.51. The van der Waals surface area contributed by atoms with Gasteiger partial charge in [-0.1, -0.05) is 0 Å². The third kappa shape index (κ3) is 2.42. The first kappa shape index (κ1) is 19.4. The molecule has 0 radical (unpaired) electrons. The summed E-state index contributed by atoms with van der Waals surface area (Å²) in [4.78, 5) is 23.1. The highest BCUT2D eigenvalue weighted by molar-refractivity contribution is 6.00. The highest BCUT2D eigenvalue weighted by Gasteiger charge is 2.85. The predicted octanol–water partition coefficient (Wildman–Crippen LogP) is 2.65. The summed E-state index contributed by atoms with van der Waals surface area (Å²) in [7, 11) is 0.953. The van der Waals surface area contributed by atoms with Gasteiger partial charge in [-0.3, -0.25) is 9.59 Å². The number of carbonyl (C=O) groups excluding carboxylic acids is 2. The van der Waals surface area contributed by atoms with E-state index < -0.39 is 53.9 Å². The minimum atomic E-state index is -6.52. The van der Waals surface area contributed by atoms with Crippen LogP contribution in [0.25, 0.3) is 0 Å². The number of alkyl halides is 8. The Morgan fingerprint density at radius 2 is 0.957 bits per heavy atom. The van der Waals surface area contributed by atoms with Gasteiger partial charge >= 0.3 is 35.6 Å². The Hall–Kier alpha value is -1.62. The fourth-order valence-corrected chi connectivity index (χ4v) is 2.26. The molecule has 1 fully saturated rings. The first-order chi connectivity index (χ1) is 10.1. The molecule has 0 atom stereocenters. The largest absolute Gasteiger partial charge is 0.468 e. The third-order valence-corrected chi connectivity index (χ3v) is 3.51. The van der Waals surface area contributed by atoms with Crippen molar-refractivity contribution in [2.75, 3.05) is 14.2 Å². The van der Waals surface area contributed by atoms with Crippen molar-refractivity contribution < 1.29 is 54.2 Å². The van der Waals surface area contributed by atoms with Crippen molar-refractivity contribution in [1.29, 1.82) is 0 Å². The van der Waals surface area contributed by atoms with Crippen LogP contribution in [0, 0.1) is 5.41 Å². The second kappa shape index (κ2) is 5.20. The quantitative estimate of drug-likeness (QED) is 0.330. The predicted molar refractivity (Wildman–Crippen MR) is 55.5 cm³/mol. The number of halogens is 8. The molecule has 0 aromatic heterocycles. The maximum absolute atomic E-state index is 13.6. The van der Waals surface area contributed by atoms with Gasteiger partial charge in [-0.2, -0.15) is 35.1 Å². The average Bonchev–Trinajstić information content (AvgIpc) is 2.45. The summed E-state index contributed by atoms with van der Waals surface area (Å²) >= 11 is 0. The molecule has 4 nitrogen and oxygen atoms in total. The molecule has 0 saturated heterocycles. The van der Waals surface area contributed by atoms with Crippen molar-refractivity contribution in [3.8, 4) is 0 Å². The molecule has 0 N–H and O–H groups in total. The standard InChI is InChI=1S/C11H10F8O4/c1-22-5(20)7(6(21)23-2)3-8(12,13)10(16,17)11(18,19)9(14,15)4-7/h3-4H2,1-2H3. The van der Waals surface area contributed by atoms with E-state index in [1.165, 1.54) is 0 Å². The van der Waals surface area contributed by atoms with Crippen LogP contribution in [-0.4, -0.2) is 49.8 Å². The fourth-order valence-electron chi connectivity index (χ4n) is 2.26. The van der Waals surface area contributed by atoms with Crippen LogP contribution in [0.15, 0.2) is 0 Å². The van der Waals surface area contributed by atoms with E-state index in [0.717, 1.165) is 0 Å². The lowest BCUT2D eigenvalue weighted by atomic mass is 9.78. The highest BCUT2D eigenvalue weighted by Crippen LogP contribution is 2.62. The van der Waals surface area contributed by atoms with Crippen LogP contribution < -0.4 is 0 Å². The lowest BCUT2D eigenvalue weighted by molar-refractivity contribution is -0.357. The van der Waals surface area contributed by atoms with Crippen molar-refractivity contribution in [2.45, 2.75) is 36.5 Å². The average molecular weight is 358 g/mol. The van der Waals surface area contributed by atoms with E-state index in [2.05, 4.69) is 9.47 Å². The van der Waals surface area contributed by atoms with Gasteiger partial charge in [0.05, 0.1) is 14.2 Å². The Labute approximate surface area is 123 Å². The smallest absolute Gasteiger partial charge is 0.378 e. The van der Waals surface area contributed by atoms with Crippen LogP contribution in [0.1, 0.15) is 12.8 Å². The molecule has 0 unspecified atom stereocenters. The second-order valence-corrected chi connectivity index (χ2v) is 4.98. The van der Waals surface area contributed by atoms with Crippen molar-refractivity contribution in [2.24, 2.45) is 5.41 Å². The van der Waals surface area contributed by atoms with Gasteiger partial charge < -0.3 is 9.47 Å². The topological polar surface area (TPSA) is 52.6 Å². The number of hydrogen-bond donors (Lipinski definition) is 0. The van der Waals surface area contributed by atoms with Gasteiger partial charge in [0, 0.05) is 12.8 Å². The fraction of sp³-hybridized carbons (Fsp3) is 0.818. The maximum atomic E-state index is 13.6. The lowest BCUT2D eigenvalue weighted by Crippen LogP contribution is -2.60. The van der Waals surface area contributed by atoms with Crippen molar-refractivity contribution in [3.05, 3.63) is 0 Å². The highest BCUT2D eigenvalue weighted by atomic mass is 19.4. The Bertz CT molecular complexity index is 470. The molecule has 0 bridgehead atoms. The summed E-state index contributed by atoms with van der Waals surface area (Å²) in [6.07, 6.45) is -5.25. The summed E-state index contributed by atoms with van der Waals surface area (Å²) in [5.41, 5.74) is -3.72. The summed E-state index contributed by atoms with van der Waals surface area (Å²) < 4.78 is 115. The molecule has 134 valence electrons. The van der Waals surface area contributed by atoms with Gasteiger partial charge in [-0.25, -0.2) is 0 Å². The van der Waals surface area contributed by atoms with E-state index in [0.29, 0.717) is 14.2 Å². The van der Waals surface area contributed by atoms with Gasteiger partial charge in [0.15, 0.2) is 5.41 Å². The number of carbonyl (C=O) groups is 2. The van der Waals surface area contributed by atoms with Crippen molar-refractivity contribution in [1.82, 2.24) is 0 Å². The normalized spacial score (nSPS) is 26.7. The zero-order valence-electron chi connectivity index (χ0n) is 11.6. The molecular formula is C11H10F8O4. The molecule has 12 heteroatoms. The molecule has 0 aromatic carbocycles. The Morgan fingerprint density at radius 1 is 0.696 bits per heavy atom.